The molecule has 0 saturated carbocycles. The summed E-state index contributed by atoms with van der Waals surface area (Å²) in [6, 6.07) is 3.65. The van der Waals surface area contributed by atoms with Crippen molar-refractivity contribution in [1.29, 1.82) is 0 Å². The predicted octanol–water partition coefficient (Wildman–Crippen LogP) is 0.406. The van der Waals surface area contributed by atoms with Crippen LogP contribution in [-0.4, -0.2) is 19.9 Å². The molecule has 4 N–H and O–H groups in total. The number of nitrogens with two attached hydrogens (primary N) is 2. The summed E-state index contributed by atoms with van der Waals surface area (Å²) in [6.07, 6.45) is 1.68. The smallest absolute Gasteiger partial charge is 0.225 e. The fourth-order valence-electron chi connectivity index (χ4n) is 1.22. The Balaban J connectivity index is 2.54. The Morgan fingerprint density at radius 3 is 2.33 bits per heavy atom. The fraction of sp³-hybridized carbons (Fsp3) is 0.111. The van der Waals surface area contributed by atoms with E-state index >= 15 is 0 Å². The Labute approximate surface area is 86.4 Å². The molecule has 0 amide bonds. The average molecular weight is 202 g/mol. The molecule has 0 radical (unpaired) electrons. The molecule has 15 heavy (non-hydrogen) atoms. The minimum Gasteiger partial charge on any atom is -0.368 e. The van der Waals surface area contributed by atoms with Crippen molar-refractivity contribution in [1.82, 2.24) is 19.9 Å². The molecule has 6 nitrogen and oxygen atoms in total. The molecule has 76 valence electrons. The second-order valence-electron chi connectivity index (χ2n) is 3.06. The van der Waals surface area contributed by atoms with E-state index in [4.69, 9.17) is 11.5 Å². The van der Waals surface area contributed by atoms with Gasteiger partial charge in [0.05, 0.1) is 0 Å². The van der Waals surface area contributed by atoms with Crippen LogP contribution < -0.4 is 11.5 Å². The third-order valence-corrected chi connectivity index (χ3v) is 1.82. The van der Waals surface area contributed by atoms with E-state index in [1.165, 1.54) is 0 Å². The van der Waals surface area contributed by atoms with Gasteiger partial charge < -0.3 is 11.5 Å². The SMILES string of the molecule is Cc1cc(-c2nc(N)nc(N)n2)ccn1. The van der Waals surface area contributed by atoms with E-state index in [1.807, 2.05) is 13.0 Å². The number of nitrogen functional groups attached to an aromatic ring is 2. The zero-order valence-electron chi connectivity index (χ0n) is 8.18. The van der Waals surface area contributed by atoms with Gasteiger partial charge in [-0.15, -0.1) is 0 Å². The van der Waals surface area contributed by atoms with Crippen molar-refractivity contribution < 1.29 is 0 Å². The first-order valence-corrected chi connectivity index (χ1v) is 4.35. The molecule has 0 aliphatic carbocycles. The number of pyridine rings is 1. The molecular formula is C9H10N6. The number of rotatable bonds is 1. The molecular weight excluding hydrogens is 192 g/mol. The van der Waals surface area contributed by atoms with Gasteiger partial charge in [0.15, 0.2) is 5.82 Å². The van der Waals surface area contributed by atoms with Gasteiger partial charge in [0.25, 0.3) is 0 Å². The predicted molar refractivity (Wildman–Crippen MR) is 56.6 cm³/mol. The monoisotopic (exact) mass is 202 g/mol. The summed E-state index contributed by atoms with van der Waals surface area (Å²) in [5.74, 6) is 0.699. The van der Waals surface area contributed by atoms with E-state index in [0.29, 0.717) is 5.82 Å². The van der Waals surface area contributed by atoms with Crippen LogP contribution in [0.3, 0.4) is 0 Å². The number of aryl methyl sites for hydroxylation is 1. The van der Waals surface area contributed by atoms with Gasteiger partial charge in [-0.25, -0.2) is 0 Å². The van der Waals surface area contributed by atoms with Gasteiger partial charge in [0, 0.05) is 17.5 Å². The number of nitrogens with zero attached hydrogens (tertiary/aromatic N) is 4. The quantitative estimate of drug-likeness (QED) is 0.694. The average Bonchev–Trinajstić information content (AvgIpc) is 2.16. The molecule has 0 bridgehead atoms. The molecule has 6 heteroatoms. The summed E-state index contributed by atoms with van der Waals surface area (Å²) >= 11 is 0. The molecule has 0 aliphatic heterocycles. The van der Waals surface area contributed by atoms with Gasteiger partial charge in [-0.05, 0) is 19.1 Å². The highest BCUT2D eigenvalue weighted by Gasteiger charge is 2.04. The minimum absolute atomic E-state index is 0.118. The summed E-state index contributed by atoms with van der Waals surface area (Å²) in [4.78, 5) is 15.8. The lowest BCUT2D eigenvalue weighted by Gasteiger charge is -2.02. The Kier molecular flexibility index (Phi) is 2.17. The van der Waals surface area contributed by atoms with Crippen LogP contribution in [0.15, 0.2) is 18.3 Å². The second kappa shape index (κ2) is 3.49. The Hall–Kier alpha value is -2.24. The van der Waals surface area contributed by atoms with Gasteiger partial charge in [0.2, 0.25) is 11.9 Å². The van der Waals surface area contributed by atoms with Crippen LogP contribution in [0, 0.1) is 6.92 Å². The Bertz CT molecular complexity index is 475. The standard InChI is InChI=1S/C9H10N6/c1-5-4-6(2-3-12-5)7-13-8(10)15-9(11)14-7/h2-4H,1H3,(H4,10,11,13,14,15). The highest BCUT2D eigenvalue weighted by Crippen LogP contribution is 2.15. The van der Waals surface area contributed by atoms with E-state index < -0.39 is 0 Å². The highest BCUT2D eigenvalue weighted by atomic mass is 15.1. The molecule has 0 aromatic carbocycles. The van der Waals surface area contributed by atoms with Crippen molar-refractivity contribution in [2.45, 2.75) is 6.92 Å². The third-order valence-electron chi connectivity index (χ3n) is 1.82. The summed E-state index contributed by atoms with van der Waals surface area (Å²) in [5.41, 5.74) is 12.7. The van der Waals surface area contributed by atoms with Crippen LogP contribution in [0.5, 0.6) is 0 Å². The van der Waals surface area contributed by atoms with Gasteiger partial charge in [0.1, 0.15) is 0 Å². The molecule has 0 unspecified atom stereocenters. The fourth-order valence-corrected chi connectivity index (χ4v) is 1.22. The van der Waals surface area contributed by atoms with E-state index in [0.717, 1.165) is 11.3 Å². The summed E-state index contributed by atoms with van der Waals surface area (Å²) < 4.78 is 0. The zero-order chi connectivity index (χ0) is 10.8. The molecule has 2 rings (SSSR count). The molecule has 0 spiro atoms. The minimum atomic E-state index is 0.118. The van der Waals surface area contributed by atoms with E-state index in [9.17, 15) is 0 Å². The first-order chi connectivity index (χ1) is 7.15. The van der Waals surface area contributed by atoms with Crippen molar-refractivity contribution in [3.8, 4) is 11.4 Å². The first kappa shape index (κ1) is 9.32. The van der Waals surface area contributed by atoms with E-state index in [-0.39, 0.29) is 11.9 Å². The zero-order valence-corrected chi connectivity index (χ0v) is 8.18. The van der Waals surface area contributed by atoms with Crippen molar-refractivity contribution >= 4 is 11.9 Å². The van der Waals surface area contributed by atoms with E-state index in [1.54, 1.807) is 12.3 Å². The molecule has 2 aromatic heterocycles. The topological polar surface area (TPSA) is 104 Å². The van der Waals surface area contributed by atoms with Crippen LogP contribution in [0.4, 0.5) is 11.9 Å². The van der Waals surface area contributed by atoms with Gasteiger partial charge in [-0.2, -0.15) is 15.0 Å². The lowest BCUT2D eigenvalue weighted by Crippen LogP contribution is -2.04. The van der Waals surface area contributed by atoms with Crippen LogP contribution >= 0.6 is 0 Å². The van der Waals surface area contributed by atoms with Crippen molar-refractivity contribution in [3.05, 3.63) is 24.0 Å². The van der Waals surface area contributed by atoms with Gasteiger partial charge in [-0.1, -0.05) is 0 Å². The molecule has 2 aromatic rings. The van der Waals surface area contributed by atoms with Gasteiger partial charge >= 0.3 is 0 Å². The third kappa shape index (κ3) is 1.98. The maximum atomic E-state index is 5.48. The van der Waals surface area contributed by atoms with Crippen molar-refractivity contribution in [3.63, 3.8) is 0 Å². The summed E-state index contributed by atoms with van der Waals surface area (Å²) in [5, 5.41) is 0. The lowest BCUT2D eigenvalue weighted by atomic mass is 10.2. The van der Waals surface area contributed by atoms with Crippen LogP contribution in [0.1, 0.15) is 5.69 Å². The summed E-state index contributed by atoms with van der Waals surface area (Å²) in [6.45, 7) is 1.89. The number of hydrogen-bond acceptors (Lipinski definition) is 6. The van der Waals surface area contributed by atoms with Gasteiger partial charge in [-0.3, -0.25) is 4.98 Å². The molecule has 2 heterocycles. The highest BCUT2D eigenvalue weighted by molar-refractivity contribution is 5.56. The normalized spacial score (nSPS) is 10.2. The maximum Gasteiger partial charge on any atom is 0.225 e. The van der Waals surface area contributed by atoms with Crippen LogP contribution in [0.25, 0.3) is 11.4 Å². The van der Waals surface area contributed by atoms with Crippen LogP contribution in [-0.2, 0) is 0 Å². The maximum absolute atomic E-state index is 5.48. The molecule has 0 atom stereocenters. The number of anilines is 2. The van der Waals surface area contributed by atoms with E-state index in [2.05, 4.69) is 19.9 Å². The molecule has 0 fully saturated rings. The van der Waals surface area contributed by atoms with Crippen molar-refractivity contribution in [2.75, 3.05) is 11.5 Å². The largest absolute Gasteiger partial charge is 0.368 e. The first-order valence-electron chi connectivity index (χ1n) is 4.35. The molecule has 0 saturated heterocycles. The Morgan fingerprint density at radius 2 is 1.73 bits per heavy atom. The lowest BCUT2D eigenvalue weighted by molar-refractivity contribution is 1.08. The summed E-state index contributed by atoms with van der Waals surface area (Å²) in [7, 11) is 0. The second-order valence-corrected chi connectivity index (χ2v) is 3.06. The van der Waals surface area contributed by atoms with Crippen molar-refractivity contribution in [2.24, 2.45) is 0 Å². The number of hydrogen-bond donors (Lipinski definition) is 2. The van der Waals surface area contributed by atoms with Crippen LogP contribution in [0.2, 0.25) is 0 Å². The Morgan fingerprint density at radius 1 is 1.07 bits per heavy atom. The number of aromatic nitrogens is 4. The molecule has 0 aliphatic rings.